The summed E-state index contributed by atoms with van der Waals surface area (Å²) in [5, 5.41) is 11.9. The predicted molar refractivity (Wildman–Crippen MR) is 116 cm³/mol. The molecule has 0 spiro atoms. The number of nitrogens with one attached hydrogen (secondary N) is 2. The van der Waals surface area contributed by atoms with E-state index in [0.717, 1.165) is 36.5 Å². The molecule has 2 aromatic heterocycles. The van der Waals surface area contributed by atoms with E-state index < -0.39 is 5.91 Å². The summed E-state index contributed by atoms with van der Waals surface area (Å²) in [6.45, 7) is 1.82. The number of rotatable bonds is 6. The third-order valence-corrected chi connectivity index (χ3v) is 5.98. The average Bonchev–Trinajstić information content (AvgIpc) is 3.45. The van der Waals surface area contributed by atoms with Gasteiger partial charge in [0.1, 0.15) is 6.54 Å². The Labute approximate surface area is 176 Å². The lowest BCUT2D eigenvalue weighted by Gasteiger charge is -2.22. The van der Waals surface area contributed by atoms with Gasteiger partial charge in [-0.3, -0.25) is 19.3 Å². The third-order valence-electron chi connectivity index (χ3n) is 4.80. The summed E-state index contributed by atoms with van der Waals surface area (Å²) in [6, 6.07) is 8.99. The molecular formula is C19H20N6O2S2. The molecule has 10 heteroatoms. The van der Waals surface area contributed by atoms with Gasteiger partial charge in [0.15, 0.2) is 10.6 Å². The van der Waals surface area contributed by atoms with Crippen molar-refractivity contribution in [2.24, 2.45) is 5.73 Å². The number of hydrogen-bond acceptors (Lipinski definition) is 6. The van der Waals surface area contributed by atoms with Gasteiger partial charge in [-0.05, 0) is 54.7 Å². The maximum Gasteiger partial charge on any atom is 0.248 e. The van der Waals surface area contributed by atoms with Crippen molar-refractivity contribution in [2.75, 3.05) is 23.3 Å². The minimum Gasteiger partial charge on any atom is -0.370 e. The molecule has 0 unspecified atom stereocenters. The number of primary amides is 1. The highest BCUT2D eigenvalue weighted by atomic mass is 32.1. The molecule has 1 fully saturated rings. The highest BCUT2D eigenvalue weighted by Gasteiger charge is 2.19. The summed E-state index contributed by atoms with van der Waals surface area (Å²) < 4.78 is 2.03. The number of amides is 2. The summed E-state index contributed by atoms with van der Waals surface area (Å²) in [6.07, 6.45) is 2.19. The standard InChI is InChI=1S/C19H20N6O2S2/c20-17(27)12-5-6-14(24-7-1-2-8-24)13(10-12)21-16(26)11-25-18(22-23-19(25)28)15-4-3-9-29-15/h3-6,9-10H,1-2,7-8,11H2,(H2,20,27)(H,21,26)(H,23,28). The van der Waals surface area contributed by atoms with Crippen molar-refractivity contribution in [3.63, 3.8) is 0 Å². The molecule has 0 bridgehead atoms. The first-order valence-electron chi connectivity index (χ1n) is 9.20. The summed E-state index contributed by atoms with van der Waals surface area (Å²) in [7, 11) is 0. The molecule has 29 heavy (non-hydrogen) atoms. The lowest BCUT2D eigenvalue weighted by molar-refractivity contribution is -0.116. The van der Waals surface area contributed by atoms with Gasteiger partial charge in [0.05, 0.1) is 16.3 Å². The van der Waals surface area contributed by atoms with E-state index in [4.69, 9.17) is 18.0 Å². The largest absolute Gasteiger partial charge is 0.370 e. The van der Waals surface area contributed by atoms with E-state index in [9.17, 15) is 9.59 Å². The van der Waals surface area contributed by atoms with Gasteiger partial charge in [0, 0.05) is 18.7 Å². The molecule has 0 saturated carbocycles. The van der Waals surface area contributed by atoms with Crippen molar-refractivity contribution in [2.45, 2.75) is 19.4 Å². The van der Waals surface area contributed by atoms with E-state index in [-0.39, 0.29) is 12.5 Å². The number of carbonyl (C=O) groups is 2. The third kappa shape index (κ3) is 4.08. The second kappa shape index (κ2) is 8.18. The van der Waals surface area contributed by atoms with Gasteiger partial charge in [0.25, 0.3) is 0 Å². The number of aromatic nitrogens is 3. The predicted octanol–water partition coefficient (Wildman–Crippen LogP) is 3.01. The molecule has 3 heterocycles. The Kier molecular flexibility index (Phi) is 5.45. The maximum absolute atomic E-state index is 12.9. The normalized spacial score (nSPS) is 13.6. The second-order valence-electron chi connectivity index (χ2n) is 6.75. The number of nitrogens with two attached hydrogens (primary N) is 1. The summed E-state index contributed by atoms with van der Waals surface area (Å²) in [5.41, 5.74) is 7.23. The molecule has 0 atom stereocenters. The quantitative estimate of drug-likeness (QED) is 0.523. The van der Waals surface area contributed by atoms with Crippen molar-refractivity contribution in [1.29, 1.82) is 0 Å². The molecule has 2 amide bonds. The van der Waals surface area contributed by atoms with Gasteiger partial charge in [-0.2, -0.15) is 5.10 Å². The molecule has 1 aliphatic rings. The molecule has 4 rings (SSSR count). The molecule has 0 aliphatic carbocycles. The van der Waals surface area contributed by atoms with E-state index in [1.54, 1.807) is 16.7 Å². The smallest absolute Gasteiger partial charge is 0.248 e. The average molecular weight is 429 g/mol. The van der Waals surface area contributed by atoms with E-state index >= 15 is 0 Å². The van der Waals surface area contributed by atoms with Crippen molar-refractivity contribution >= 4 is 46.7 Å². The van der Waals surface area contributed by atoms with Crippen LogP contribution in [0.15, 0.2) is 35.7 Å². The number of benzene rings is 1. The molecule has 8 nitrogen and oxygen atoms in total. The van der Waals surface area contributed by atoms with Crippen LogP contribution in [0.5, 0.6) is 0 Å². The molecule has 1 aromatic carbocycles. The topological polar surface area (TPSA) is 109 Å². The molecule has 1 aliphatic heterocycles. The van der Waals surface area contributed by atoms with Crippen molar-refractivity contribution in [3.8, 4) is 10.7 Å². The Morgan fingerprint density at radius 3 is 2.76 bits per heavy atom. The number of nitrogens with zero attached hydrogens (tertiary/aromatic N) is 3. The van der Waals surface area contributed by atoms with E-state index in [0.29, 0.717) is 21.8 Å². The van der Waals surface area contributed by atoms with Crippen LogP contribution in [0.2, 0.25) is 0 Å². The lowest BCUT2D eigenvalue weighted by atomic mass is 10.1. The van der Waals surface area contributed by atoms with Gasteiger partial charge in [-0.1, -0.05) is 6.07 Å². The maximum atomic E-state index is 12.9. The van der Waals surface area contributed by atoms with Crippen LogP contribution in [0.25, 0.3) is 10.7 Å². The molecule has 3 aromatic rings. The molecule has 150 valence electrons. The molecule has 0 radical (unpaired) electrons. The molecule has 4 N–H and O–H groups in total. The summed E-state index contributed by atoms with van der Waals surface area (Å²) >= 11 is 6.82. The van der Waals surface area contributed by atoms with Gasteiger partial charge in [-0.25, -0.2) is 0 Å². The number of carbonyl (C=O) groups excluding carboxylic acids is 2. The summed E-state index contributed by atoms with van der Waals surface area (Å²) in [5.74, 6) is -0.182. The first-order chi connectivity index (χ1) is 14.0. The van der Waals surface area contributed by atoms with Crippen LogP contribution in [0.4, 0.5) is 11.4 Å². The van der Waals surface area contributed by atoms with Crippen LogP contribution in [-0.2, 0) is 11.3 Å². The Bertz CT molecular complexity index is 1100. The fraction of sp³-hybridized carbons (Fsp3) is 0.263. The highest BCUT2D eigenvalue weighted by molar-refractivity contribution is 7.71. The second-order valence-corrected chi connectivity index (χ2v) is 8.09. The van der Waals surface area contributed by atoms with Gasteiger partial charge >= 0.3 is 0 Å². The summed E-state index contributed by atoms with van der Waals surface area (Å²) in [4.78, 5) is 27.6. The zero-order valence-electron chi connectivity index (χ0n) is 15.6. The van der Waals surface area contributed by atoms with Crippen molar-refractivity contribution in [3.05, 3.63) is 46.0 Å². The zero-order valence-corrected chi connectivity index (χ0v) is 17.2. The van der Waals surface area contributed by atoms with E-state index in [1.807, 2.05) is 23.6 Å². The first kappa shape index (κ1) is 19.3. The number of thiophene rings is 1. The Balaban J connectivity index is 1.60. The van der Waals surface area contributed by atoms with Gasteiger partial charge < -0.3 is 16.0 Å². The van der Waals surface area contributed by atoms with Crippen LogP contribution in [0.1, 0.15) is 23.2 Å². The number of hydrogen-bond donors (Lipinski definition) is 3. The lowest BCUT2D eigenvalue weighted by Crippen LogP contribution is -2.24. The number of aromatic amines is 1. The first-order valence-corrected chi connectivity index (χ1v) is 10.5. The minimum atomic E-state index is -0.537. The zero-order chi connectivity index (χ0) is 20.4. The number of anilines is 2. The van der Waals surface area contributed by atoms with Crippen LogP contribution >= 0.6 is 23.6 Å². The molecular weight excluding hydrogens is 408 g/mol. The number of H-pyrrole nitrogens is 1. The van der Waals surface area contributed by atoms with Gasteiger partial charge in [0.2, 0.25) is 11.8 Å². The Morgan fingerprint density at radius 1 is 1.28 bits per heavy atom. The highest BCUT2D eigenvalue weighted by Crippen LogP contribution is 2.30. The SMILES string of the molecule is NC(=O)c1ccc(N2CCCC2)c(NC(=O)Cn2c(-c3cccs3)n[nH]c2=S)c1. The van der Waals surface area contributed by atoms with Crippen molar-refractivity contribution in [1.82, 2.24) is 14.8 Å². The van der Waals surface area contributed by atoms with Crippen LogP contribution < -0.4 is 16.0 Å². The monoisotopic (exact) mass is 428 g/mol. The van der Waals surface area contributed by atoms with E-state index in [2.05, 4.69) is 20.4 Å². The minimum absolute atomic E-state index is 0.00278. The fourth-order valence-corrected chi connectivity index (χ4v) is 4.33. The van der Waals surface area contributed by atoms with Crippen LogP contribution in [0, 0.1) is 4.77 Å². The molecule has 1 saturated heterocycles. The van der Waals surface area contributed by atoms with Crippen LogP contribution in [-0.4, -0.2) is 39.7 Å². The Morgan fingerprint density at radius 2 is 2.07 bits per heavy atom. The Hall–Kier alpha value is -2.98. The van der Waals surface area contributed by atoms with Crippen LogP contribution in [0.3, 0.4) is 0 Å². The van der Waals surface area contributed by atoms with Crippen molar-refractivity contribution < 1.29 is 9.59 Å². The fourth-order valence-electron chi connectivity index (χ4n) is 3.41. The van der Waals surface area contributed by atoms with Gasteiger partial charge in [-0.15, -0.1) is 11.3 Å². The van der Waals surface area contributed by atoms with E-state index in [1.165, 1.54) is 11.3 Å².